The number of halogens is 1. The van der Waals surface area contributed by atoms with Crippen molar-refractivity contribution in [2.75, 3.05) is 30.9 Å². The van der Waals surface area contributed by atoms with Crippen molar-refractivity contribution < 1.29 is 4.79 Å². The van der Waals surface area contributed by atoms with Crippen LogP contribution in [0.4, 0.5) is 11.6 Å². The Kier molecular flexibility index (Phi) is 5.64. The standard InChI is InChI=1S/C16H23N7O.ClH/c1-10(17)14-19-16(21(2)3)20-23(14)13-8-7-12(9-18-13)22(4)15(24)11-5-6-11;/h7-11H,5-6,17H2,1-4H3;1H. The highest BCUT2D eigenvalue weighted by atomic mass is 35.5. The minimum Gasteiger partial charge on any atom is -0.346 e. The van der Waals surface area contributed by atoms with Crippen LogP contribution in [0, 0.1) is 5.92 Å². The molecule has 1 unspecified atom stereocenters. The normalized spacial score (nSPS) is 14.6. The van der Waals surface area contributed by atoms with E-state index in [1.54, 1.807) is 22.8 Å². The topological polar surface area (TPSA) is 93.2 Å². The van der Waals surface area contributed by atoms with E-state index < -0.39 is 0 Å². The summed E-state index contributed by atoms with van der Waals surface area (Å²) in [5.74, 6) is 2.17. The lowest BCUT2D eigenvalue weighted by atomic mass is 10.3. The maximum Gasteiger partial charge on any atom is 0.245 e. The Hall–Kier alpha value is -2.19. The van der Waals surface area contributed by atoms with Crippen molar-refractivity contribution in [3.63, 3.8) is 0 Å². The lowest BCUT2D eigenvalue weighted by Crippen LogP contribution is -2.27. The third-order valence-corrected chi connectivity index (χ3v) is 4.02. The SMILES string of the molecule is CC(N)c1nc(N(C)C)nn1-c1ccc(N(C)C(=O)C2CC2)cn1.Cl. The highest BCUT2D eigenvalue weighted by Crippen LogP contribution is 2.32. The molecule has 9 heteroatoms. The van der Waals surface area contributed by atoms with Gasteiger partial charge in [0.05, 0.1) is 17.9 Å². The van der Waals surface area contributed by atoms with Crippen LogP contribution in [0.25, 0.3) is 5.82 Å². The van der Waals surface area contributed by atoms with E-state index in [0.29, 0.717) is 17.6 Å². The second-order valence-corrected chi connectivity index (χ2v) is 6.41. The lowest BCUT2D eigenvalue weighted by molar-refractivity contribution is -0.119. The van der Waals surface area contributed by atoms with Gasteiger partial charge in [0.1, 0.15) is 0 Å². The molecule has 2 aromatic heterocycles. The summed E-state index contributed by atoms with van der Waals surface area (Å²) < 4.78 is 1.65. The molecular weight excluding hydrogens is 342 g/mol. The molecule has 0 saturated heterocycles. The van der Waals surface area contributed by atoms with E-state index in [1.807, 2.05) is 38.1 Å². The van der Waals surface area contributed by atoms with Gasteiger partial charge < -0.3 is 15.5 Å². The number of hydrogen-bond donors (Lipinski definition) is 1. The molecule has 1 saturated carbocycles. The molecule has 0 spiro atoms. The van der Waals surface area contributed by atoms with Crippen molar-refractivity contribution in [3.8, 4) is 5.82 Å². The summed E-state index contributed by atoms with van der Waals surface area (Å²) in [7, 11) is 5.53. The van der Waals surface area contributed by atoms with Crippen LogP contribution in [0.1, 0.15) is 31.6 Å². The molecule has 136 valence electrons. The Bertz CT molecular complexity index is 737. The number of nitrogens with two attached hydrogens (primary N) is 1. The van der Waals surface area contributed by atoms with E-state index in [9.17, 15) is 4.79 Å². The molecule has 2 N–H and O–H groups in total. The molecule has 1 atom stereocenters. The molecule has 25 heavy (non-hydrogen) atoms. The van der Waals surface area contributed by atoms with E-state index in [-0.39, 0.29) is 30.3 Å². The van der Waals surface area contributed by atoms with Gasteiger partial charge in [0.15, 0.2) is 11.6 Å². The zero-order valence-corrected chi connectivity index (χ0v) is 15.7. The highest BCUT2D eigenvalue weighted by molar-refractivity contribution is 5.95. The third kappa shape index (κ3) is 3.91. The summed E-state index contributed by atoms with van der Waals surface area (Å²) in [6.45, 7) is 1.86. The smallest absolute Gasteiger partial charge is 0.245 e. The van der Waals surface area contributed by atoms with Gasteiger partial charge >= 0.3 is 0 Å². The molecule has 1 amide bonds. The summed E-state index contributed by atoms with van der Waals surface area (Å²) in [4.78, 5) is 24.5. The fraction of sp³-hybridized carbons (Fsp3) is 0.500. The summed E-state index contributed by atoms with van der Waals surface area (Å²) in [6.07, 6.45) is 3.65. The van der Waals surface area contributed by atoms with Crippen LogP contribution in [0.15, 0.2) is 18.3 Å². The fourth-order valence-corrected chi connectivity index (χ4v) is 2.40. The average Bonchev–Trinajstić information content (AvgIpc) is 3.30. The fourth-order valence-electron chi connectivity index (χ4n) is 2.40. The van der Waals surface area contributed by atoms with E-state index >= 15 is 0 Å². The van der Waals surface area contributed by atoms with Gasteiger partial charge in [-0.25, -0.2) is 4.98 Å². The van der Waals surface area contributed by atoms with Crippen molar-refractivity contribution in [3.05, 3.63) is 24.2 Å². The zero-order chi connectivity index (χ0) is 17.4. The first-order valence-electron chi connectivity index (χ1n) is 8.02. The molecular formula is C16H24ClN7O. The summed E-state index contributed by atoms with van der Waals surface area (Å²) in [5.41, 5.74) is 6.77. The monoisotopic (exact) mass is 365 g/mol. The minimum atomic E-state index is -0.271. The van der Waals surface area contributed by atoms with Gasteiger partial charge in [0.2, 0.25) is 11.9 Å². The maximum atomic E-state index is 12.1. The van der Waals surface area contributed by atoms with Gasteiger partial charge in [0, 0.05) is 27.1 Å². The average molecular weight is 366 g/mol. The van der Waals surface area contributed by atoms with Crippen LogP contribution in [0.5, 0.6) is 0 Å². The van der Waals surface area contributed by atoms with Crippen molar-refractivity contribution in [1.29, 1.82) is 0 Å². The first kappa shape index (κ1) is 19.1. The number of amides is 1. The zero-order valence-electron chi connectivity index (χ0n) is 14.9. The Morgan fingerprint density at radius 3 is 2.48 bits per heavy atom. The van der Waals surface area contributed by atoms with Gasteiger partial charge in [0.25, 0.3) is 0 Å². The van der Waals surface area contributed by atoms with Crippen LogP contribution < -0.4 is 15.5 Å². The number of carbonyl (C=O) groups is 1. The van der Waals surface area contributed by atoms with Crippen molar-refractivity contribution >= 4 is 29.9 Å². The third-order valence-electron chi connectivity index (χ3n) is 4.02. The molecule has 1 aliphatic carbocycles. The van der Waals surface area contributed by atoms with Gasteiger partial charge in [-0.05, 0) is 31.9 Å². The maximum absolute atomic E-state index is 12.1. The number of aromatic nitrogens is 4. The van der Waals surface area contributed by atoms with Crippen molar-refractivity contribution in [2.24, 2.45) is 11.7 Å². The second-order valence-electron chi connectivity index (χ2n) is 6.41. The first-order valence-corrected chi connectivity index (χ1v) is 8.02. The Labute approximate surface area is 153 Å². The number of anilines is 2. The molecule has 0 bridgehead atoms. The predicted octanol–water partition coefficient (Wildman–Crippen LogP) is 1.54. The summed E-state index contributed by atoms with van der Waals surface area (Å²) in [5, 5.41) is 4.46. The van der Waals surface area contributed by atoms with E-state index in [2.05, 4.69) is 15.1 Å². The van der Waals surface area contributed by atoms with Crippen LogP contribution in [0.3, 0.4) is 0 Å². The molecule has 8 nitrogen and oxygen atoms in total. The van der Waals surface area contributed by atoms with Gasteiger partial charge in [-0.1, -0.05) is 0 Å². The van der Waals surface area contributed by atoms with E-state index in [4.69, 9.17) is 5.73 Å². The quantitative estimate of drug-likeness (QED) is 0.863. The predicted molar refractivity (Wildman–Crippen MR) is 99.5 cm³/mol. The molecule has 0 radical (unpaired) electrons. The number of pyridine rings is 1. The molecule has 2 aromatic rings. The van der Waals surface area contributed by atoms with Gasteiger partial charge in [-0.2, -0.15) is 9.67 Å². The van der Waals surface area contributed by atoms with Crippen molar-refractivity contribution in [2.45, 2.75) is 25.8 Å². The van der Waals surface area contributed by atoms with Crippen LogP contribution in [0.2, 0.25) is 0 Å². The van der Waals surface area contributed by atoms with Crippen LogP contribution in [-0.4, -0.2) is 46.8 Å². The molecule has 0 aliphatic heterocycles. The summed E-state index contributed by atoms with van der Waals surface area (Å²) >= 11 is 0. The van der Waals surface area contributed by atoms with Gasteiger partial charge in [-0.15, -0.1) is 17.5 Å². The molecule has 3 rings (SSSR count). The number of nitrogens with zero attached hydrogens (tertiary/aromatic N) is 6. The van der Waals surface area contributed by atoms with E-state index in [0.717, 1.165) is 18.5 Å². The number of carbonyl (C=O) groups excluding carboxylic acids is 1. The first-order chi connectivity index (χ1) is 11.4. The molecule has 1 fully saturated rings. The Morgan fingerprint density at radius 2 is 2.00 bits per heavy atom. The highest BCUT2D eigenvalue weighted by Gasteiger charge is 2.32. The molecule has 0 aromatic carbocycles. The number of hydrogen-bond acceptors (Lipinski definition) is 6. The van der Waals surface area contributed by atoms with Crippen LogP contribution >= 0.6 is 12.4 Å². The lowest BCUT2D eigenvalue weighted by Gasteiger charge is -2.17. The van der Waals surface area contributed by atoms with Crippen molar-refractivity contribution in [1.82, 2.24) is 19.7 Å². The Balaban J connectivity index is 0.00000225. The molecule has 2 heterocycles. The Morgan fingerprint density at radius 1 is 1.32 bits per heavy atom. The second kappa shape index (κ2) is 7.37. The minimum absolute atomic E-state index is 0. The number of rotatable bonds is 5. The molecule has 1 aliphatic rings. The largest absolute Gasteiger partial charge is 0.346 e. The van der Waals surface area contributed by atoms with Gasteiger partial charge in [-0.3, -0.25) is 4.79 Å². The summed E-state index contributed by atoms with van der Waals surface area (Å²) in [6, 6.07) is 3.42. The van der Waals surface area contributed by atoms with Crippen LogP contribution in [-0.2, 0) is 4.79 Å². The van der Waals surface area contributed by atoms with E-state index in [1.165, 1.54) is 0 Å².